The molecule has 0 spiro atoms. The molecule has 0 unspecified atom stereocenters. The van der Waals surface area contributed by atoms with Crippen LogP contribution < -0.4 is 5.32 Å². The minimum atomic E-state index is -0.473. The van der Waals surface area contributed by atoms with Crippen molar-refractivity contribution < 1.29 is 9.59 Å². The summed E-state index contributed by atoms with van der Waals surface area (Å²) in [5.74, 6) is -0.524. The summed E-state index contributed by atoms with van der Waals surface area (Å²) in [7, 11) is 1.63. The summed E-state index contributed by atoms with van der Waals surface area (Å²) in [5, 5.41) is 11.8. The lowest BCUT2D eigenvalue weighted by Crippen LogP contribution is -2.17. The van der Waals surface area contributed by atoms with Crippen molar-refractivity contribution in [3.8, 4) is 6.07 Å². The molecule has 8 heteroatoms. The average Bonchev–Trinajstić information content (AvgIpc) is 3.67. The van der Waals surface area contributed by atoms with Crippen molar-refractivity contribution in [2.45, 2.75) is 53.4 Å². The molecule has 8 bridgehead atoms. The number of aromatic amines is 2. The number of carbonyl (C=O) groups is 2. The van der Waals surface area contributed by atoms with E-state index in [1.807, 2.05) is 44.2 Å². The zero-order valence-electron chi connectivity index (χ0n) is 25.9. The van der Waals surface area contributed by atoms with Gasteiger partial charge in [0.2, 0.25) is 11.7 Å². The SMILES string of the molecule is C=Cc1c(C)c2cc3[nH]c(cc4nc(cc5nc(cc1[nH]2)C(C)=C5CCC(=O)C#N)C(CCC(=O)NC)=C4C)c(C)c3C=C. The summed E-state index contributed by atoms with van der Waals surface area (Å²) >= 11 is 0. The van der Waals surface area contributed by atoms with Gasteiger partial charge in [-0.15, -0.1) is 0 Å². The first-order valence-corrected chi connectivity index (χ1v) is 14.6. The Morgan fingerprint density at radius 2 is 1.25 bits per heavy atom. The second kappa shape index (κ2) is 12.1. The van der Waals surface area contributed by atoms with E-state index in [-0.39, 0.29) is 12.3 Å². The summed E-state index contributed by atoms with van der Waals surface area (Å²) < 4.78 is 0. The van der Waals surface area contributed by atoms with Crippen LogP contribution in [-0.4, -0.2) is 38.7 Å². The van der Waals surface area contributed by atoms with Gasteiger partial charge in [-0.2, -0.15) is 5.26 Å². The van der Waals surface area contributed by atoms with Gasteiger partial charge in [0.1, 0.15) is 6.07 Å². The molecular weight excluding hydrogens is 548 g/mol. The third-order valence-corrected chi connectivity index (χ3v) is 8.65. The monoisotopic (exact) mass is 584 g/mol. The van der Waals surface area contributed by atoms with Crippen molar-refractivity contribution in [2.75, 3.05) is 7.05 Å². The zero-order chi connectivity index (χ0) is 31.7. The van der Waals surface area contributed by atoms with E-state index >= 15 is 0 Å². The van der Waals surface area contributed by atoms with E-state index in [0.29, 0.717) is 25.0 Å². The predicted octanol–water partition coefficient (Wildman–Crippen LogP) is 7.48. The number of Topliss-reactive ketones (excluding diaryl/α,β-unsaturated/α-hetero) is 1. The van der Waals surface area contributed by atoms with E-state index in [2.05, 4.69) is 48.4 Å². The van der Waals surface area contributed by atoms with Gasteiger partial charge in [0.15, 0.2) is 0 Å². The minimum absolute atomic E-state index is 0.0511. The van der Waals surface area contributed by atoms with Gasteiger partial charge in [-0.25, -0.2) is 9.97 Å². The third-order valence-electron chi connectivity index (χ3n) is 8.65. The van der Waals surface area contributed by atoms with Gasteiger partial charge in [0, 0.05) is 53.1 Å². The van der Waals surface area contributed by atoms with Crippen LogP contribution in [0.3, 0.4) is 0 Å². The van der Waals surface area contributed by atoms with Crippen molar-refractivity contribution in [3.63, 3.8) is 0 Å². The maximum Gasteiger partial charge on any atom is 0.232 e. The Morgan fingerprint density at radius 1 is 0.773 bits per heavy atom. The first kappa shape index (κ1) is 30.2. The van der Waals surface area contributed by atoms with Crippen molar-refractivity contribution in [3.05, 3.63) is 82.5 Å². The van der Waals surface area contributed by atoms with Crippen molar-refractivity contribution >= 4 is 68.2 Å². The van der Waals surface area contributed by atoms with Crippen LogP contribution in [0.15, 0.2) is 37.4 Å². The number of nitrogens with zero attached hydrogens (tertiary/aromatic N) is 3. The van der Waals surface area contributed by atoms with Crippen LogP contribution in [0.4, 0.5) is 0 Å². The number of rotatable bonds is 8. The number of hydrogen-bond donors (Lipinski definition) is 3. The van der Waals surface area contributed by atoms with Gasteiger partial charge in [-0.05, 0) is 98.2 Å². The first-order valence-electron chi connectivity index (χ1n) is 14.6. The van der Waals surface area contributed by atoms with Crippen LogP contribution in [0.2, 0.25) is 0 Å². The quantitative estimate of drug-likeness (QED) is 0.237. The Hall–Kier alpha value is -5.29. The molecule has 3 aromatic heterocycles. The fourth-order valence-electron chi connectivity index (χ4n) is 5.96. The summed E-state index contributed by atoms with van der Waals surface area (Å²) in [6, 6.07) is 9.80. The number of nitrogens with one attached hydrogen (secondary N) is 3. The summed E-state index contributed by atoms with van der Waals surface area (Å²) in [4.78, 5) is 41.5. The topological polar surface area (TPSA) is 127 Å². The van der Waals surface area contributed by atoms with Crippen LogP contribution in [0.25, 0.3) is 56.5 Å². The molecule has 2 aliphatic heterocycles. The smallest absolute Gasteiger partial charge is 0.232 e. The number of amides is 1. The number of carbonyl (C=O) groups excluding carboxylic acids is 2. The summed E-state index contributed by atoms with van der Waals surface area (Å²) in [6.45, 7) is 16.3. The van der Waals surface area contributed by atoms with E-state index in [9.17, 15) is 9.59 Å². The van der Waals surface area contributed by atoms with E-state index in [0.717, 1.165) is 83.7 Å². The molecule has 5 rings (SSSR count). The zero-order valence-corrected chi connectivity index (χ0v) is 25.9. The molecule has 0 saturated heterocycles. The van der Waals surface area contributed by atoms with Crippen molar-refractivity contribution in [1.29, 1.82) is 5.26 Å². The maximum absolute atomic E-state index is 12.2. The highest BCUT2D eigenvalue weighted by Crippen LogP contribution is 2.38. The Kier molecular flexibility index (Phi) is 8.32. The molecule has 0 saturated carbocycles. The van der Waals surface area contributed by atoms with Crippen molar-refractivity contribution in [1.82, 2.24) is 25.3 Å². The number of aryl methyl sites for hydroxylation is 2. The molecule has 1 amide bonds. The lowest BCUT2D eigenvalue weighted by Gasteiger charge is -2.06. The molecule has 0 fully saturated rings. The molecule has 3 aromatic rings. The van der Waals surface area contributed by atoms with Crippen LogP contribution >= 0.6 is 0 Å². The predicted molar refractivity (Wildman–Crippen MR) is 179 cm³/mol. The number of nitriles is 1. The van der Waals surface area contributed by atoms with Gasteiger partial charge in [-0.1, -0.05) is 25.3 Å². The molecular formula is C36H36N6O2. The van der Waals surface area contributed by atoms with E-state index in [1.165, 1.54) is 0 Å². The minimum Gasteiger partial charge on any atom is -0.359 e. The second-order valence-corrected chi connectivity index (χ2v) is 11.1. The summed E-state index contributed by atoms with van der Waals surface area (Å²) in [5.41, 5.74) is 14.5. The van der Waals surface area contributed by atoms with Crippen LogP contribution in [0.1, 0.15) is 84.6 Å². The molecule has 0 aromatic carbocycles. The van der Waals surface area contributed by atoms with Crippen LogP contribution in [0, 0.1) is 25.2 Å². The third kappa shape index (κ3) is 5.45. The molecule has 2 aliphatic rings. The normalized spacial score (nSPS) is 12.7. The fourth-order valence-corrected chi connectivity index (χ4v) is 5.96. The van der Waals surface area contributed by atoms with Crippen LogP contribution in [0.5, 0.6) is 0 Å². The Labute approximate surface area is 257 Å². The highest BCUT2D eigenvalue weighted by molar-refractivity contribution is 5.99. The number of allylic oxidation sites excluding steroid dienone is 4. The number of fused-ring (bicyclic) bond motifs is 8. The average molecular weight is 585 g/mol. The van der Waals surface area contributed by atoms with Crippen LogP contribution in [-0.2, 0) is 9.59 Å². The molecule has 44 heavy (non-hydrogen) atoms. The number of H-pyrrole nitrogens is 2. The lowest BCUT2D eigenvalue weighted by molar-refractivity contribution is -0.120. The Morgan fingerprint density at radius 3 is 1.75 bits per heavy atom. The lowest BCUT2D eigenvalue weighted by atomic mass is 9.97. The largest absolute Gasteiger partial charge is 0.359 e. The Bertz CT molecular complexity index is 2030. The van der Waals surface area contributed by atoms with E-state index < -0.39 is 5.78 Å². The van der Waals surface area contributed by atoms with Gasteiger partial charge in [-0.3, -0.25) is 9.59 Å². The van der Waals surface area contributed by atoms with E-state index in [4.69, 9.17) is 15.2 Å². The van der Waals surface area contributed by atoms with Gasteiger partial charge in [0.25, 0.3) is 0 Å². The van der Waals surface area contributed by atoms with Gasteiger partial charge >= 0.3 is 0 Å². The van der Waals surface area contributed by atoms with Gasteiger partial charge < -0.3 is 15.3 Å². The number of aromatic nitrogens is 4. The number of hydrogen-bond acceptors (Lipinski definition) is 5. The van der Waals surface area contributed by atoms with Crippen molar-refractivity contribution in [2.24, 2.45) is 0 Å². The molecule has 222 valence electrons. The van der Waals surface area contributed by atoms with Gasteiger partial charge in [0.05, 0.1) is 22.8 Å². The molecule has 0 atom stereocenters. The molecule has 5 heterocycles. The molecule has 0 radical (unpaired) electrons. The highest BCUT2D eigenvalue weighted by Gasteiger charge is 2.22. The Balaban J connectivity index is 1.90. The molecule has 3 N–H and O–H groups in total. The first-order chi connectivity index (χ1) is 21.1. The highest BCUT2D eigenvalue weighted by atomic mass is 16.1. The maximum atomic E-state index is 12.2. The molecule has 0 aliphatic carbocycles. The standard InChI is InChI=1S/C36H36N6O2/c1-8-24-19(3)28-14-29-22(6)27(12-13-36(44)38-7)35(41-29)17-34-26(11-10-23(43)18-37)21(5)31(42-34)16-33-25(9-2)20(4)30(40-33)15-32(24)39-28/h8-9,14-17,39-40H,1-2,10-13H2,3-7H3,(H,38,44). The molecule has 8 nitrogen and oxygen atoms in total. The fraction of sp³-hybridized carbons (Fsp3) is 0.250. The second-order valence-electron chi connectivity index (χ2n) is 11.1. The number of ketones is 1. The van der Waals surface area contributed by atoms with E-state index in [1.54, 1.807) is 13.1 Å². The summed E-state index contributed by atoms with van der Waals surface area (Å²) in [6.07, 6.45) is 5.00.